The first kappa shape index (κ1) is 21.8. The van der Waals surface area contributed by atoms with E-state index in [1.807, 2.05) is 58.0 Å². The Hall–Kier alpha value is -3.98. The van der Waals surface area contributed by atoms with E-state index in [0.29, 0.717) is 23.1 Å². The molecule has 0 bridgehead atoms. The van der Waals surface area contributed by atoms with Gasteiger partial charge in [-0.1, -0.05) is 48.2 Å². The highest BCUT2D eigenvalue weighted by Gasteiger charge is 2.24. The van der Waals surface area contributed by atoms with Gasteiger partial charge in [0.1, 0.15) is 0 Å². The highest BCUT2D eigenvalue weighted by atomic mass is 32.2. The van der Waals surface area contributed by atoms with Gasteiger partial charge in [-0.2, -0.15) is 0 Å². The monoisotopic (exact) mass is 471 g/mol. The van der Waals surface area contributed by atoms with Crippen LogP contribution in [0, 0.1) is 10.1 Å². The Bertz CT molecular complexity index is 1340. The van der Waals surface area contributed by atoms with Crippen molar-refractivity contribution in [2.45, 2.75) is 18.0 Å². The molecule has 0 saturated carbocycles. The summed E-state index contributed by atoms with van der Waals surface area (Å²) in [7, 11) is 0. The van der Waals surface area contributed by atoms with E-state index in [4.69, 9.17) is 0 Å². The zero-order valence-corrected chi connectivity index (χ0v) is 19.0. The van der Waals surface area contributed by atoms with E-state index < -0.39 is 4.92 Å². The molecule has 0 atom stereocenters. The van der Waals surface area contributed by atoms with Gasteiger partial charge in [0, 0.05) is 35.6 Å². The van der Waals surface area contributed by atoms with Gasteiger partial charge in [-0.25, -0.2) is 0 Å². The van der Waals surface area contributed by atoms with Crippen molar-refractivity contribution < 1.29 is 9.72 Å². The van der Waals surface area contributed by atoms with Crippen molar-refractivity contribution in [3.63, 3.8) is 0 Å². The molecule has 2 heterocycles. The van der Waals surface area contributed by atoms with Crippen molar-refractivity contribution in [1.82, 2.24) is 14.8 Å². The fourth-order valence-corrected chi connectivity index (χ4v) is 4.92. The topological polar surface area (TPSA) is 94.2 Å². The number of para-hydroxylation sites is 2. The molecule has 0 aliphatic carbocycles. The Morgan fingerprint density at radius 1 is 0.971 bits per heavy atom. The first-order valence-corrected chi connectivity index (χ1v) is 11.9. The molecule has 0 unspecified atom stereocenters. The number of carbonyl (C=O) groups excluding carboxylic acids is 1. The van der Waals surface area contributed by atoms with E-state index in [2.05, 4.69) is 16.3 Å². The van der Waals surface area contributed by atoms with Crippen molar-refractivity contribution in [3.05, 3.63) is 94.5 Å². The van der Waals surface area contributed by atoms with Gasteiger partial charge in [-0.05, 0) is 48.7 Å². The highest BCUT2D eigenvalue weighted by molar-refractivity contribution is 7.99. The van der Waals surface area contributed by atoms with Crippen molar-refractivity contribution in [3.8, 4) is 17.1 Å². The van der Waals surface area contributed by atoms with Crippen molar-refractivity contribution in [2.24, 2.45) is 0 Å². The van der Waals surface area contributed by atoms with E-state index in [9.17, 15) is 14.9 Å². The molecule has 0 saturated heterocycles. The van der Waals surface area contributed by atoms with Crippen LogP contribution in [0.15, 0.2) is 84.0 Å². The number of carbonyl (C=O) groups is 1. The quantitative estimate of drug-likeness (QED) is 0.225. The predicted molar refractivity (Wildman–Crippen MR) is 131 cm³/mol. The summed E-state index contributed by atoms with van der Waals surface area (Å²) in [6.07, 6.45) is 1.92. The Morgan fingerprint density at radius 2 is 1.71 bits per heavy atom. The van der Waals surface area contributed by atoms with E-state index in [-0.39, 0.29) is 17.3 Å². The highest BCUT2D eigenvalue weighted by Crippen LogP contribution is 2.31. The number of non-ortho nitro benzene ring substituents is 1. The number of benzene rings is 3. The fraction of sp³-hybridized carbons (Fsp3) is 0.160. The number of nitrogens with zero attached hydrogens (tertiary/aromatic N) is 5. The fourth-order valence-electron chi connectivity index (χ4n) is 4.09. The first-order valence-electron chi connectivity index (χ1n) is 10.9. The summed E-state index contributed by atoms with van der Waals surface area (Å²) in [6.45, 7) is 0.704. The predicted octanol–water partition coefficient (Wildman–Crippen LogP) is 4.91. The smallest absolute Gasteiger partial charge is 0.269 e. The van der Waals surface area contributed by atoms with Crippen LogP contribution in [0.5, 0.6) is 0 Å². The number of thioether (sulfide) groups is 1. The van der Waals surface area contributed by atoms with Gasteiger partial charge in [0.15, 0.2) is 11.0 Å². The number of amides is 1. The number of hydrogen-bond donors (Lipinski definition) is 0. The molecule has 1 aliphatic rings. The van der Waals surface area contributed by atoms with Crippen LogP contribution in [0.1, 0.15) is 12.0 Å². The van der Waals surface area contributed by atoms with Crippen LogP contribution in [0.3, 0.4) is 0 Å². The summed E-state index contributed by atoms with van der Waals surface area (Å²) < 4.78 is 1.88. The van der Waals surface area contributed by atoms with Crippen molar-refractivity contribution in [1.29, 1.82) is 0 Å². The first-order chi connectivity index (χ1) is 16.6. The maximum Gasteiger partial charge on any atom is 0.269 e. The molecule has 8 nitrogen and oxygen atoms in total. The summed E-state index contributed by atoms with van der Waals surface area (Å²) in [6, 6.07) is 23.9. The van der Waals surface area contributed by atoms with Crippen LogP contribution >= 0.6 is 11.8 Å². The van der Waals surface area contributed by atoms with Crippen LogP contribution in [0.25, 0.3) is 17.1 Å². The molecular formula is C25H21N5O3S. The number of fused-ring (bicyclic) bond motifs is 1. The Labute approximate surface area is 200 Å². The zero-order valence-electron chi connectivity index (χ0n) is 18.2. The Balaban J connectivity index is 1.43. The second-order valence-electron chi connectivity index (χ2n) is 7.85. The van der Waals surface area contributed by atoms with Crippen molar-refractivity contribution in [2.75, 3.05) is 17.2 Å². The maximum absolute atomic E-state index is 13.1. The lowest BCUT2D eigenvalue weighted by atomic mass is 10.0. The van der Waals surface area contributed by atoms with Crippen LogP contribution in [0.4, 0.5) is 11.4 Å². The van der Waals surface area contributed by atoms with Gasteiger partial charge in [-0.15, -0.1) is 10.2 Å². The molecular weight excluding hydrogens is 450 g/mol. The lowest BCUT2D eigenvalue weighted by molar-refractivity contribution is -0.384. The number of hydrogen-bond acceptors (Lipinski definition) is 6. The second kappa shape index (κ2) is 9.48. The van der Waals surface area contributed by atoms with Crippen LogP contribution < -0.4 is 4.90 Å². The molecule has 1 aliphatic heterocycles. The third-order valence-corrected chi connectivity index (χ3v) is 6.63. The third-order valence-electron chi connectivity index (χ3n) is 5.72. The Morgan fingerprint density at radius 3 is 2.47 bits per heavy atom. The molecule has 34 heavy (non-hydrogen) atoms. The molecule has 0 radical (unpaired) electrons. The van der Waals surface area contributed by atoms with E-state index in [1.165, 1.54) is 29.5 Å². The van der Waals surface area contributed by atoms with Gasteiger partial charge in [0.2, 0.25) is 5.91 Å². The largest absolute Gasteiger partial charge is 0.311 e. The minimum Gasteiger partial charge on any atom is -0.311 e. The Kier molecular flexibility index (Phi) is 6.09. The van der Waals surface area contributed by atoms with E-state index >= 15 is 0 Å². The summed E-state index contributed by atoms with van der Waals surface area (Å²) in [5, 5.41) is 20.3. The standard InChI is InChI=1S/C25H21N5O3S/c31-23(28-16-6-8-18-7-4-5-11-22(18)28)17-34-25-27-26-24(29(25)20-9-2-1-3-10-20)19-12-14-21(15-13-19)30(32)33/h1-5,7,9-15H,6,8,16-17H2. The van der Waals surface area contributed by atoms with Crippen LogP contribution in [0.2, 0.25) is 0 Å². The van der Waals surface area contributed by atoms with Gasteiger partial charge >= 0.3 is 0 Å². The number of anilines is 1. The summed E-state index contributed by atoms with van der Waals surface area (Å²) in [4.78, 5) is 25.6. The summed E-state index contributed by atoms with van der Waals surface area (Å²) in [5.41, 5.74) is 3.73. The molecule has 5 rings (SSSR count). The minimum absolute atomic E-state index is 0.0107. The molecule has 9 heteroatoms. The molecule has 1 amide bonds. The molecule has 170 valence electrons. The average Bonchev–Trinajstić information content (AvgIpc) is 3.31. The lowest BCUT2D eigenvalue weighted by Gasteiger charge is -2.29. The van der Waals surface area contributed by atoms with Crippen LogP contribution in [-0.4, -0.2) is 37.9 Å². The number of aromatic nitrogens is 3. The second-order valence-corrected chi connectivity index (χ2v) is 8.79. The average molecular weight is 472 g/mol. The normalized spacial score (nSPS) is 12.9. The zero-order chi connectivity index (χ0) is 23.5. The third kappa shape index (κ3) is 4.29. The molecule has 1 aromatic heterocycles. The lowest BCUT2D eigenvalue weighted by Crippen LogP contribution is -2.36. The molecule has 0 N–H and O–H groups in total. The van der Waals surface area contributed by atoms with Gasteiger partial charge in [0.05, 0.1) is 10.7 Å². The molecule has 0 fully saturated rings. The summed E-state index contributed by atoms with van der Waals surface area (Å²) >= 11 is 1.33. The molecule has 0 spiro atoms. The maximum atomic E-state index is 13.1. The van der Waals surface area contributed by atoms with Crippen molar-refractivity contribution >= 4 is 29.0 Å². The summed E-state index contributed by atoms with van der Waals surface area (Å²) in [5.74, 6) is 0.801. The minimum atomic E-state index is -0.433. The van der Waals surface area contributed by atoms with E-state index in [1.54, 1.807) is 12.1 Å². The number of rotatable bonds is 6. The van der Waals surface area contributed by atoms with Gasteiger partial charge in [0.25, 0.3) is 5.69 Å². The van der Waals surface area contributed by atoms with E-state index in [0.717, 1.165) is 24.2 Å². The van der Waals surface area contributed by atoms with Crippen LogP contribution in [-0.2, 0) is 11.2 Å². The van der Waals surface area contributed by atoms with Gasteiger partial charge < -0.3 is 4.90 Å². The number of nitro groups is 1. The number of aryl methyl sites for hydroxylation is 1. The SMILES string of the molecule is O=C(CSc1nnc(-c2ccc([N+](=O)[O-])cc2)n1-c1ccccc1)N1CCCc2ccccc21. The molecule has 4 aromatic rings. The molecule has 3 aromatic carbocycles. The van der Waals surface area contributed by atoms with Gasteiger partial charge in [-0.3, -0.25) is 19.5 Å². The number of nitro benzene ring substituents is 1.